The minimum atomic E-state index is -4.54. The number of alkyl halides is 3. The zero-order valence-electron chi connectivity index (χ0n) is 9.77. The minimum Gasteiger partial charge on any atom is -0.466 e. The summed E-state index contributed by atoms with van der Waals surface area (Å²) in [5.74, 6) is -1.08. The van der Waals surface area contributed by atoms with Gasteiger partial charge in [-0.3, -0.25) is 10.1 Å². The van der Waals surface area contributed by atoms with Crippen molar-refractivity contribution in [2.75, 3.05) is 11.6 Å². The Labute approximate surface area is 106 Å². The van der Waals surface area contributed by atoms with Crippen LogP contribution in [0.15, 0.2) is 30.2 Å². The SMILES string of the molecule is Cc1cc(N2C=C(C(F)(F)F)OC2)ccc1[N+](=O)[O-]. The van der Waals surface area contributed by atoms with E-state index in [9.17, 15) is 23.3 Å². The van der Waals surface area contributed by atoms with Crippen LogP contribution in [-0.4, -0.2) is 17.8 Å². The van der Waals surface area contributed by atoms with E-state index in [-0.39, 0.29) is 12.4 Å². The number of aryl methyl sites for hydroxylation is 1. The van der Waals surface area contributed by atoms with Crippen molar-refractivity contribution in [2.45, 2.75) is 13.1 Å². The number of nitro benzene ring substituents is 1. The van der Waals surface area contributed by atoms with Gasteiger partial charge in [-0.2, -0.15) is 13.2 Å². The van der Waals surface area contributed by atoms with Gasteiger partial charge in [0, 0.05) is 17.3 Å². The molecular formula is C11H9F3N2O3. The molecule has 1 heterocycles. The first-order chi connectivity index (χ1) is 8.79. The molecule has 5 nitrogen and oxygen atoms in total. The number of hydrogen-bond donors (Lipinski definition) is 0. The molecule has 0 aliphatic carbocycles. The van der Waals surface area contributed by atoms with E-state index in [1.165, 1.54) is 30.0 Å². The summed E-state index contributed by atoms with van der Waals surface area (Å²) in [4.78, 5) is 11.3. The van der Waals surface area contributed by atoms with E-state index < -0.39 is 16.9 Å². The molecule has 0 saturated heterocycles. The molecule has 0 radical (unpaired) electrons. The first kappa shape index (κ1) is 13.2. The highest BCUT2D eigenvalue weighted by atomic mass is 19.4. The second kappa shape index (κ2) is 4.45. The van der Waals surface area contributed by atoms with E-state index in [0.29, 0.717) is 11.3 Å². The third-order valence-electron chi connectivity index (χ3n) is 2.62. The van der Waals surface area contributed by atoms with Gasteiger partial charge >= 0.3 is 6.18 Å². The Balaban J connectivity index is 2.28. The first-order valence-corrected chi connectivity index (χ1v) is 5.22. The highest BCUT2D eigenvalue weighted by molar-refractivity contribution is 5.57. The van der Waals surface area contributed by atoms with Gasteiger partial charge in [0.15, 0.2) is 6.73 Å². The van der Waals surface area contributed by atoms with Crippen molar-refractivity contribution in [1.82, 2.24) is 0 Å². The molecule has 0 spiro atoms. The summed E-state index contributed by atoms with van der Waals surface area (Å²) in [6.07, 6.45) is -3.70. The second-order valence-electron chi connectivity index (χ2n) is 3.96. The van der Waals surface area contributed by atoms with E-state index in [1.54, 1.807) is 0 Å². The van der Waals surface area contributed by atoms with Crippen LogP contribution >= 0.6 is 0 Å². The molecule has 0 atom stereocenters. The normalized spacial score (nSPS) is 15.2. The van der Waals surface area contributed by atoms with Crippen molar-refractivity contribution >= 4 is 11.4 Å². The van der Waals surface area contributed by atoms with E-state index >= 15 is 0 Å². The van der Waals surface area contributed by atoms with Gasteiger partial charge in [0.2, 0.25) is 5.76 Å². The Morgan fingerprint density at radius 2 is 2.11 bits per heavy atom. The highest BCUT2D eigenvalue weighted by Crippen LogP contribution is 2.33. The molecule has 0 fully saturated rings. The molecule has 2 rings (SSSR count). The first-order valence-electron chi connectivity index (χ1n) is 5.22. The number of hydrogen-bond acceptors (Lipinski definition) is 4. The minimum absolute atomic E-state index is 0.0797. The number of rotatable bonds is 2. The van der Waals surface area contributed by atoms with Crippen LogP contribution in [0.2, 0.25) is 0 Å². The van der Waals surface area contributed by atoms with Crippen LogP contribution in [0.1, 0.15) is 5.56 Å². The molecule has 1 aliphatic heterocycles. The lowest BCUT2D eigenvalue weighted by atomic mass is 10.2. The molecule has 102 valence electrons. The Hall–Kier alpha value is -2.25. The van der Waals surface area contributed by atoms with Gasteiger partial charge in [0.1, 0.15) is 0 Å². The summed E-state index contributed by atoms with van der Waals surface area (Å²) in [5.41, 5.74) is 0.697. The fourth-order valence-electron chi connectivity index (χ4n) is 1.68. The average molecular weight is 274 g/mol. The van der Waals surface area contributed by atoms with Crippen molar-refractivity contribution in [1.29, 1.82) is 0 Å². The maximum Gasteiger partial charge on any atom is 0.450 e. The summed E-state index contributed by atoms with van der Waals surface area (Å²) in [5, 5.41) is 10.6. The van der Waals surface area contributed by atoms with Crippen LogP contribution in [0.4, 0.5) is 24.5 Å². The summed E-state index contributed by atoms with van der Waals surface area (Å²) >= 11 is 0. The lowest BCUT2D eigenvalue weighted by Crippen LogP contribution is -2.13. The van der Waals surface area contributed by atoms with Crippen molar-refractivity contribution in [2.24, 2.45) is 0 Å². The molecule has 0 saturated carbocycles. The summed E-state index contributed by atoms with van der Waals surface area (Å²) < 4.78 is 41.7. The van der Waals surface area contributed by atoms with E-state index in [0.717, 1.165) is 6.20 Å². The summed E-state index contributed by atoms with van der Waals surface area (Å²) in [6, 6.07) is 4.08. The van der Waals surface area contributed by atoms with E-state index in [2.05, 4.69) is 4.74 Å². The lowest BCUT2D eigenvalue weighted by Gasteiger charge is -2.13. The van der Waals surface area contributed by atoms with E-state index in [4.69, 9.17) is 0 Å². The van der Waals surface area contributed by atoms with Gasteiger partial charge in [-0.15, -0.1) is 0 Å². The van der Waals surface area contributed by atoms with Gasteiger partial charge in [-0.05, 0) is 19.1 Å². The van der Waals surface area contributed by atoms with Crippen LogP contribution in [0.5, 0.6) is 0 Å². The molecule has 0 unspecified atom stereocenters. The van der Waals surface area contributed by atoms with Gasteiger partial charge in [-0.1, -0.05) is 0 Å². The number of nitrogens with zero attached hydrogens (tertiary/aromatic N) is 2. The molecular weight excluding hydrogens is 265 g/mol. The summed E-state index contributed by atoms with van der Waals surface area (Å²) in [6.45, 7) is 1.25. The Bertz CT molecular complexity index is 555. The van der Waals surface area contributed by atoms with Crippen molar-refractivity contribution in [3.63, 3.8) is 0 Å². The largest absolute Gasteiger partial charge is 0.466 e. The van der Waals surface area contributed by atoms with Gasteiger partial charge in [-0.25, -0.2) is 0 Å². The van der Waals surface area contributed by atoms with Gasteiger partial charge < -0.3 is 9.64 Å². The molecule has 0 bridgehead atoms. The number of allylic oxidation sites excluding steroid dienone is 1. The molecule has 0 aromatic heterocycles. The fraction of sp³-hybridized carbons (Fsp3) is 0.273. The average Bonchev–Trinajstić information content (AvgIpc) is 2.76. The number of anilines is 1. The van der Waals surface area contributed by atoms with Crippen molar-refractivity contribution < 1.29 is 22.8 Å². The van der Waals surface area contributed by atoms with Crippen molar-refractivity contribution in [3.8, 4) is 0 Å². The molecule has 1 aromatic carbocycles. The molecule has 19 heavy (non-hydrogen) atoms. The third kappa shape index (κ3) is 2.61. The maximum atomic E-state index is 12.4. The highest BCUT2D eigenvalue weighted by Gasteiger charge is 2.39. The number of halogens is 3. The van der Waals surface area contributed by atoms with E-state index in [1.807, 2.05) is 0 Å². The summed E-state index contributed by atoms with van der Waals surface area (Å²) in [7, 11) is 0. The van der Waals surface area contributed by atoms with Crippen LogP contribution in [0.3, 0.4) is 0 Å². The number of benzene rings is 1. The number of ether oxygens (including phenoxy) is 1. The Morgan fingerprint density at radius 3 is 2.58 bits per heavy atom. The predicted molar refractivity (Wildman–Crippen MR) is 60.4 cm³/mol. The second-order valence-corrected chi connectivity index (χ2v) is 3.96. The quantitative estimate of drug-likeness (QED) is 0.614. The third-order valence-corrected chi connectivity index (χ3v) is 2.62. The maximum absolute atomic E-state index is 12.4. The zero-order chi connectivity index (χ0) is 14.2. The topological polar surface area (TPSA) is 55.6 Å². The van der Waals surface area contributed by atoms with Crippen LogP contribution < -0.4 is 4.90 Å². The fourth-order valence-corrected chi connectivity index (χ4v) is 1.68. The Morgan fingerprint density at radius 1 is 1.42 bits per heavy atom. The monoisotopic (exact) mass is 274 g/mol. The molecule has 0 N–H and O–H groups in total. The molecule has 1 aliphatic rings. The zero-order valence-corrected chi connectivity index (χ0v) is 9.77. The lowest BCUT2D eigenvalue weighted by molar-refractivity contribution is -0.385. The van der Waals surface area contributed by atoms with Crippen LogP contribution in [-0.2, 0) is 4.74 Å². The standard InChI is InChI=1S/C11H9F3N2O3/c1-7-4-8(2-3-9(7)16(17)18)15-5-10(19-6-15)11(12,13)14/h2-5H,6H2,1H3. The predicted octanol–water partition coefficient (Wildman–Crippen LogP) is 3.10. The molecule has 0 amide bonds. The smallest absolute Gasteiger partial charge is 0.450 e. The molecule has 8 heteroatoms. The van der Waals surface area contributed by atoms with Crippen LogP contribution in [0, 0.1) is 17.0 Å². The van der Waals surface area contributed by atoms with Crippen LogP contribution in [0.25, 0.3) is 0 Å². The van der Waals surface area contributed by atoms with Gasteiger partial charge in [0.25, 0.3) is 5.69 Å². The van der Waals surface area contributed by atoms with Gasteiger partial charge in [0.05, 0.1) is 11.1 Å². The number of nitro groups is 1. The molecule has 1 aromatic rings. The Kier molecular flexibility index (Phi) is 3.09. The van der Waals surface area contributed by atoms with Crippen molar-refractivity contribution in [3.05, 3.63) is 45.8 Å².